The van der Waals surface area contributed by atoms with Gasteiger partial charge in [-0.25, -0.2) is 4.98 Å². The number of aliphatic hydroxyl groups is 2. The molecular weight excluding hydrogens is 556 g/mol. The van der Waals surface area contributed by atoms with Crippen LogP contribution in [-0.4, -0.2) is 79.6 Å². The number of amides is 1. The number of nitrogens with one attached hydrogen (secondary N) is 4. The Kier molecular flexibility index (Phi) is 8.16. The number of anilines is 2. The minimum atomic E-state index is -1.08. The highest BCUT2D eigenvalue weighted by atomic mass is 16.3. The number of carbonyl (C=O) groups excluding carboxylic acids is 1. The van der Waals surface area contributed by atoms with Crippen LogP contribution < -0.4 is 21.3 Å². The van der Waals surface area contributed by atoms with Crippen LogP contribution in [0.1, 0.15) is 55.2 Å². The number of rotatable bonds is 10. The van der Waals surface area contributed by atoms with Crippen LogP contribution in [0, 0.1) is 5.92 Å². The maximum absolute atomic E-state index is 12.7. The predicted octanol–water partition coefficient (Wildman–Crippen LogP) is 2.80. The summed E-state index contributed by atoms with van der Waals surface area (Å²) in [5.74, 6) is 1.12. The molecule has 0 bridgehead atoms. The standard InChI is InChI=1S/C33H40N8O3/c42-28-25(38-32(44)22-12-7-13-22)16-26(29(28)43)41-19-36-27-30(39-33(40-31(27)41)37-23-14-15-34-17-23)35-18-24(20-8-3-1-4-9-20)21-10-5-2-6-11-21/h1-6,8-11,19,22-26,28-29,34,42-43H,7,12-18H2,(H,38,44)(H2,35,37,39,40)/t23-,25+,26-,28-,29+/m1/s1. The molecule has 0 spiro atoms. The summed E-state index contributed by atoms with van der Waals surface area (Å²) in [5, 5.41) is 35.5. The maximum Gasteiger partial charge on any atom is 0.227 e. The lowest BCUT2D eigenvalue weighted by Crippen LogP contribution is -2.46. The molecule has 2 aromatic heterocycles. The zero-order chi connectivity index (χ0) is 30.0. The Balaban J connectivity index is 1.19. The van der Waals surface area contributed by atoms with Crippen molar-refractivity contribution >= 4 is 28.8 Å². The lowest BCUT2D eigenvalue weighted by atomic mass is 9.84. The summed E-state index contributed by atoms with van der Waals surface area (Å²) >= 11 is 0. The molecule has 3 fully saturated rings. The summed E-state index contributed by atoms with van der Waals surface area (Å²) in [4.78, 5) is 27.1. The molecule has 1 amide bonds. The molecule has 1 aliphatic heterocycles. The number of hydrogen-bond acceptors (Lipinski definition) is 9. The lowest BCUT2D eigenvalue weighted by Gasteiger charge is -2.27. The third-order valence-corrected chi connectivity index (χ3v) is 9.51. The number of nitrogens with zero attached hydrogens (tertiary/aromatic N) is 4. The molecule has 1 saturated heterocycles. The minimum absolute atomic E-state index is 0.00292. The lowest BCUT2D eigenvalue weighted by molar-refractivity contribution is -0.129. The first-order chi connectivity index (χ1) is 21.5. The molecule has 11 nitrogen and oxygen atoms in total. The van der Waals surface area contributed by atoms with Crippen molar-refractivity contribution in [2.45, 2.75) is 68.4 Å². The van der Waals surface area contributed by atoms with Crippen LogP contribution in [0.3, 0.4) is 0 Å². The number of aromatic nitrogens is 4. The first-order valence-electron chi connectivity index (χ1n) is 15.8. The van der Waals surface area contributed by atoms with Crippen LogP contribution in [0.15, 0.2) is 67.0 Å². The van der Waals surface area contributed by atoms with Gasteiger partial charge in [0.25, 0.3) is 0 Å². The SMILES string of the molecule is O=C(N[C@H]1C[C@@H](n2cnc3c(NCC(c4ccccc4)c4ccccc4)nc(N[C@@H]4CCNC4)nc32)[C@H](O)[C@@H]1O)C1CCC1. The molecule has 3 heterocycles. The second kappa shape index (κ2) is 12.5. The number of benzene rings is 2. The summed E-state index contributed by atoms with van der Waals surface area (Å²) in [5.41, 5.74) is 3.53. The molecule has 4 aromatic rings. The monoisotopic (exact) mass is 596 g/mol. The summed E-state index contributed by atoms with van der Waals surface area (Å²) < 4.78 is 1.83. The van der Waals surface area contributed by atoms with Gasteiger partial charge in [0, 0.05) is 31.0 Å². The summed E-state index contributed by atoms with van der Waals surface area (Å²) in [6.45, 7) is 2.33. The number of aliphatic hydroxyl groups excluding tert-OH is 2. The number of hydrogen-bond donors (Lipinski definition) is 6. The third-order valence-electron chi connectivity index (χ3n) is 9.51. The fourth-order valence-electron chi connectivity index (χ4n) is 6.70. The largest absolute Gasteiger partial charge is 0.388 e. The van der Waals surface area contributed by atoms with Gasteiger partial charge in [-0.2, -0.15) is 9.97 Å². The predicted molar refractivity (Wildman–Crippen MR) is 168 cm³/mol. The molecule has 0 unspecified atom stereocenters. The summed E-state index contributed by atoms with van der Waals surface area (Å²) in [6, 6.07) is 19.9. The van der Waals surface area contributed by atoms with Gasteiger partial charge in [0.2, 0.25) is 11.9 Å². The van der Waals surface area contributed by atoms with Crippen LogP contribution in [0.25, 0.3) is 11.2 Å². The summed E-state index contributed by atoms with van der Waals surface area (Å²) in [6.07, 6.45) is 3.64. The average molecular weight is 597 g/mol. The molecule has 11 heteroatoms. The van der Waals surface area contributed by atoms with Crippen LogP contribution >= 0.6 is 0 Å². The van der Waals surface area contributed by atoms with Crippen molar-refractivity contribution in [2.75, 3.05) is 30.3 Å². The van der Waals surface area contributed by atoms with Gasteiger partial charge >= 0.3 is 0 Å². The van der Waals surface area contributed by atoms with Crippen LogP contribution in [0.2, 0.25) is 0 Å². The molecule has 7 rings (SSSR count). The topological polar surface area (TPSA) is 149 Å². The van der Waals surface area contributed by atoms with E-state index in [0.29, 0.717) is 35.9 Å². The van der Waals surface area contributed by atoms with Crippen molar-refractivity contribution in [1.29, 1.82) is 0 Å². The van der Waals surface area contributed by atoms with Crippen LogP contribution in [0.4, 0.5) is 11.8 Å². The molecule has 230 valence electrons. The Bertz CT molecular complexity index is 1530. The van der Waals surface area contributed by atoms with E-state index in [0.717, 1.165) is 38.8 Å². The maximum atomic E-state index is 12.7. The van der Waals surface area contributed by atoms with E-state index in [1.54, 1.807) is 6.33 Å². The molecular formula is C33H40N8O3. The van der Waals surface area contributed by atoms with Gasteiger partial charge in [-0.05, 0) is 43.4 Å². The third kappa shape index (κ3) is 5.74. The van der Waals surface area contributed by atoms with E-state index in [1.807, 2.05) is 16.7 Å². The van der Waals surface area contributed by atoms with E-state index in [-0.39, 0.29) is 23.8 Å². The smallest absolute Gasteiger partial charge is 0.227 e. The fourth-order valence-corrected chi connectivity index (χ4v) is 6.70. The van der Waals surface area contributed by atoms with E-state index in [4.69, 9.17) is 15.0 Å². The number of imidazole rings is 1. The van der Waals surface area contributed by atoms with Crippen LogP contribution in [0.5, 0.6) is 0 Å². The van der Waals surface area contributed by atoms with Crippen molar-refractivity contribution in [2.24, 2.45) is 5.92 Å². The molecule has 5 atom stereocenters. The van der Waals surface area contributed by atoms with E-state index >= 15 is 0 Å². The first kappa shape index (κ1) is 28.7. The zero-order valence-electron chi connectivity index (χ0n) is 24.6. The van der Waals surface area contributed by atoms with Gasteiger partial charge in [0.05, 0.1) is 18.4 Å². The van der Waals surface area contributed by atoms with Crippen molar-refractivity contribution < 1.29 is 15.0 Å². The molecule has 2 saturated carbocycles. The van der Waals surface area contributed by atoms with E-state index in [2.05, 4.69) is 69.8 Å². The van der Waals surface area contributed by atoms with E-state index < -0.39 is 24.3 Å². The zero-order valence-corrected chi connectivity index (χ0v) is 24.6. The molecule has 2 aromatic carbocycles. The number of fused-ring (bicyclic) bond motifs is 1. The van der Waals surface area contributed by atoms with Gasteiger partial charge in [-0.1, -0.05) is 67.1 Å². The molecule has 6 N–H and O–H groups in total. The Labute approximate surface area is 256 Å². The van der Waals surface area contributed by atoms with Crippen molar-refractivity contribution in [3.05, 3.63) is 78.1 Å². The fraction of sp³-hybridized carbons (Fsp3) is 0.455. The van der Waals surface area contributed by atoms with Crippen molar-refractivity contribution in [3.8, 4) is 0 Å². The second-order valence-corrected chi connectivity index (χ2v) is 12.3. The van der Waals surface area contributed by atoms with Crippen LogP contribution in [-0.2, 0) is 4.79 Å². The molecule has 44 heavy (non-hydrogen) atoms. The Morgan fingerprint density at radius 2 is 1.70 bits per heavy atom. The first-order valence-corrected chi connectivity index (χ1v) is 15.8. The molecule has 3 aliphatic rings. The minimum Gasteiger partial charge on any atom is -0.388 e. The highest BCUT2D eigenvalue weighted by Gasteiger charge is 2.44. The van der Waals surface area contributed by atoms with Gasteiger partial charge in [-0.15, -0.1) is 0 Å². The highest BCUT2D eigenvalue weighted by molar-refractivity contribution is 5.84. The molecule has 2 aliphatic carbocycles. The highest BCUT2D eigenvalue weighted by Crippen LogP contribution is 2.36. The van der Waals surface area contributed by atoms with Gasteiger partial charge in [0.1, 0.15) is 12.2 Å². The van der Waals surface area contributed by atoms with Crippen molar-refractivity contribution in [1.82, 2.24) is 30.2 Å². The number of carbonyl (C=O) groups is 1. The molecule has 0 radical (unpaired) electrons. The van der Waals surface area contributed by atoms with Gasteiger partial charge in [0.15, 0.2) is 17.0 Å². The normalized spacial score (nSPS) is 25.3. The van der Waals surface area contributed by atoms with E-state index in [9.17, 15) is 15.0 Å². The summed E-state index contributed by atoms with van der Waals surface area (Å²) in [7, 11) is 0. The Morgan fingerprint density at radius 1 is 0.977 bits per heavy atom. The average Bonchev–Trinajstić information content (AvgIpc) is 3.74. The Hall–Kier alpha value is -4.06. The van der Waals surface area contributed by atoms with Gasteiger partial charge in [-0.3, -0.25) is 4.79 Å². The van der Waals surface area contributed by atoms with Crippen molar-refractivity contribution in [3.63, 3.8) is 0 Å². The quantitative estimate of drug-likeness (QED) is 0.163. The second-order valence-electron chi connectivity index (χ2n) is 12.3. The van der Waals surface area contributed by atoms with E-state index in [1.165, 1.54) is 11.1 Å². The van der Waals surface area contributed by atoms with Gasteiger partial charge < -0.3 is 36.0 Å². The Morgan fingerprint density at radius 3 is 2.34 bits per heavy atom.